The number of thiocarbonyl (C=S) groups is 1. The van der Waals surface area contributed by atoms with Crippen molar-refractivity contribution in [2.75, 3.05) is 25.1 Å². The molecule has 0 aromatic heterocycles. The summed E-state index contributed by atoms with van der Waals surface area (Å²) in [6.45, 7) is 6.23. The highest BCUT2D eigenvalue weighted by molar-refractivity contribution is 7.80. The molecule has 0 radical (unpaired) electrons. The van der Waals surface area contributed by atoms with Crippen LogP contribution in [0.25, 0.3) is 0 Å². The number of ether oxygens (including phenoxy) is 1. The van der Waals surface area contributed by atoms with Crippen molar-refractivity contribution in [1.82, 2.24) is 0 Å². The minimum Gasteiger partial charge on any atom is -0.389 e. The molecule has 3 nitrogen and oxygen atoms in total. The summed E-state index contributed by atoms with van der Waals surface area (Å²) in [4.78, 5) is 2.84. The van der Waals surface area contributed by atoms with Crippen LogP contribution in [0.3, 0.4) is 0 Å². The second kappa shape index (κ2) is 5.47. The van der Waals surface area contributed by atoms with Crippen LogP contribution in [0.4, 0.5) is 5.69 Å². The van der Waals surface area contributed by atoms with Crippen molar-refractivity contribution in [3.8, 4) is 0 Å². The van der Waals surface area contributed by atoms with Crippen LogP contribution >= 0.6 is 12.2 Å². The van der Waals surface area contributed by atoms with E-state index >= 15 is 0 Å². The van der Waals surface area contributed by atoms with Gasteiger partial charge in [-0.2, -0.15) is 0 Å². The van der Waals surface area contributed by atoms with Crippen LogP contribution in [-0.2, 0) is 4.74 Å². The first kappa shape index (κ1) is 14.3. The molecule has 1 aromatic rings. The first-order valence-corrected chi connectivity index (χ1v) is 7.06. The Balaban J connectivity index is 2.23. The van der Waals surface area contributed by atoms with Crippen LogP contribution in [0.15, 0.2) is 18.2 Å². The molecule has 0 saturated carbocycles. The lowest BCUT2D eigenvalue weighted by Gasteiger charge is -2.40. The summed E-state index contributed by atoms with van der Waals surface area (Å²) in [6.07, 6.45) is 2.27. The number of aryl methyl sites for hydroxylation is 1. The van der Waals surface area contributed by atoms with Crippen molar-refractivity contribution in [2.45, 2.75) is 32.3 Å². The number of nitrogens with two attached hydrogens (primary N) is 1. The maximum absolute atomic E-state index is 5.71. The fraction of sp³-hybridized carbons (Fsp3) is 0.533. The molecule has 2 rings (SSSR count). The van der Waals surface area contributed by atoms with Crippen molar-refractivity contribution in [3.63, 3.8) is 0 Å². The van der Waals surface area contributed by atoms with Gasteiger partial charge in [-0.15, -0.1) is 0 Å². The van der Waals surface area contributed by atoms with Crippen LogP contribution < -0.4 is 10.6 Å². The average Bonchev–Trinajstić information content (AvgIpc) is 2.38. The minimum absolute atomic E-state index is 0.0476. The Morgan fingerprint density at radius 2 is 2.21 bits per heavy atom. The van der Waals surface area contributed by atoms with Crippen molar-refractivity contribution in [3.05, 3.63) is 29.3 Å². The third-order valence-corrected chi connectivity index (χ3v) is 4.21. The molecule has 4 heteroatoms. The van der Waals surface area contributed by atoms with Gasteiger partial charge in [0.1, 0.15) is 4.99 Å². The zero-order chi connectivity index (χ0) is 14.0. The molecule has 1 saturated heterocycles. The quantitative estimate of drug-likeness (QED) is 0.863. The summed E-state index contributed by atoms with van der Waals surface area (Å²) in [5.41, 5.74) is 8.98. The number of hydrogen-bond acceptors (Lipinski definition) is 3. The number of hydrogen-bond donors (Lipinski definition) is 1. The van der Waals surface area contributed by atoms with E-state index in [-0.39, 0.29) is 5.60 Å². The number of rotatable bonds is 3. The van der Waals surface area contributed by atoms with Gasteiger partial charge in [-0.3, -0.25) is 0 Å². The highest BCUT2D eigenvalue weighted by Gasteiger charge is 2.30. The molecular formula is C15H22N2OS. The standard InChI is InChI=1S/C15H22N2OS/c1-11-9-12(5-6-13(11)14(16)19)17-8-4-7-15(2,10-17)18-3/h5-6,9H,4,7-8,10H2,1-3H3,(H2,16,19). The Hall–Kier alpha value is -1.13. The Morgan fingerprint density at radius 3 is 2.79 bits per heavy atom. The van der Waals surface area contributed by atoms with Gasteiger partial charge in [0.25, 0.3) is 0 Å². The fourth-order valence-corrected chi connectivity index (χ4v) is 2.94. The monoisotopic (exact) mass is 278 g/mol. The van der Waals surface area contributed by atoms with E-state index in [1.165, 1.54) is 5.69 Å². The molecule has 0 spiro atoms. The second-order valence-corrected chi connectivity index (χ2v) is 5.98. The van der Waals surface area contributed by atoms with Crippen LogP contribution in [0.2, 0.25) is 0 Å². The molecule has 1 unspecified atom stereocenters. The Bertz CT molecular complexity index is 489. The smallest absolute Gasteiger partial charge is 0.104 e. The van der Waals surface area contributed by atoms with Crippen molar-refractivity contribution in [2.24, 2.45) is 5.73 Å². The molecule has 1 atom stereocenters. The topological polar surface area (TPSA) is 38.5 Å². The fourth-order valence-electron chi connectivity index (χ4n) is 2.71. The summed E-state index contributed by atoms with van der Waals surface area (Å²) in [7, 11) is 1.80. The number of piperidine rings is 1. The number of methoxy groups -OCH3 is 1. The Kier molecular flexibility index (Phi) is 4.11. The first-order valence-electron chi connectivity index (χ1n) is 6.66. The molecule has 1 fully saturated rings. The SMILES string of the molecule is COC1(C)CCCN(c2ccc(C(N)=S)c(C)c2)C1. The van der Waals surface area contributed by atoms with Gasteiger partial charge >= 0.3 is 0 Å². The van der Waals surface area contributed by atoms with E-state index in [4.69, 9.17) is 22.7 Å². The highest BCUT2D eigenvalue weighted by Crippen LogP contribution is 2.29. The van der Waals surface area contributed by atoms with Crippen LogP contribution in [-0.4, -0.2) is 30.8 Å². The van der Waals surface area contributed by atoms with E-state index in [0.717, 1.165) is 37.1 Å². The van der Waals surface area contributed by atoms with Crippen molar-refractivity contribution in [1.29, 1.82) is 0 Å². The largest absolute Gasteiger partial charge is 0.389 e. The van der Waals surface area contributed by atoms with Gasteiger partial charge in [-0.25, -0.2) is 0 Å². The van der Waals surface area contributed by atoms with Gasteiger partial charge < -0.3 is 15.4 Å². The lowest BCUT2D eigenvalue weighted by atomic mass is 9.94. The van der Waals surface area contributed by atoms with E-state index in [1.54, 1.807) is 7.11 Å². The lowest BCUT2D eigenvalue weighted by molar-refractivity contribution is -0.00465. The molecule has 19 heavy (non-hydrogen) atoms. The molecule has 1 aliphatic heterocycles. The summed E-state index contributed by atoms with van der Waals surface area (Å²) in [6, 6.07) is 6.28. The van der Waals surface area contributed by atoms with E-state index in [1.807, 2.05) is 6.07 Å². The maximum atomic E-state index is 5.71. The predicted octanol–water partition coefficient (Wildman–Crippen LogP) is 2.63. The normalized spacial score (nSPS) is 23.4. The first-order chi connectivity index (χ1) is 8.95. The average molecular weight is 278 g/mol. The van der Waals surface area contributed by atoms with Gasteiger partial charge in [0.2, 0.25) is 0 Å². The number of nitrogens with zero attached hydrogens (tertiary/aromatic N) is 1. The molecule has 2 N–H and O–H groups in total. The van der Waals surface area contributed by atoms with E-state index in [0.29, 0.717) is 4.99 Å². The Labute approximate surface area is 120 Å². The molecule has 0 amide bonds. The van der Waals surface area contributed by atoms with E-state index in [9.17, 15) is 0 Å². The van der Waals surface area contributed by atoms with Gasteiger partial charge in [0.15, 0.2) is 0 Å². The summed E-state index contributed by atoms with van der Waals surface area (Å²) in [5, 5.41) is 0. The molecule has 104 valence electrons. The number of benzene rings is 1. The minimum atomic E-state index is -0.0476. The van der Waals surface area contributed by atoms with Gasteiger partial charge in [-0.05, 0) is 50.5 Å². The summed E-state index contributed by atoms with van der Waals surface area (Å²) >= 11 is 5.05. The van der Waals surface area contributed by atoms with Gasteiger partial charge in [0, 0.05) is 31.5 Å². The molecular weight excluding hydrogens is 256 g/mol. The summed E-state index contributed by atoms with van der Waals surface area (Å²) in [5.74, 6) is 0. The van der Waals surface area contributed by atoms with Gasteiger partial charge in [0.05, 0.1) is 5.60 Å². The highest BCUT2D eigenvalue weighted by atomic mass is 32.1. The van der Waals surface area contributed by atoms with Gasteiger partial charge in [-0.1, -0.05) is 12.2 Å². The maximum Gasteiger partial charge on any atom is 0.104 e. The molecule has 0 aliphatic carbocycles. The number of anilines is 1. The molecule has 1 heterocycles. The van der Waals surface area contributed by atoms with Crippen molar-refractivity contribution < 1.29 is 4.74 Å². The second-order valence-electron chi connectivity index (χ2n) is 5.54. The van der Waals surface area contributed by atoms with Crippen LogP contribution in [0.5, 0.6) is 0 Å². The molecule has 1 aromatic carbocycles. The third-order valence-electron chi connectivity index (χ3n) is 3.99. The molecule has 1 aliphatic rings. The lowest BCUT2D eigenvalue weighted by Crippen LogP contribution is -2.47. The zero-order valence-corrected chi connectivity index (χ0v) is 12.7. The van der Waals surface area contributed by atoms with Crippen LogP contribution in [0, 0.1) is 6.92 Å². The zero-order valence-electron chi connectivity index (χ0n) is 11.9. The third kappa shape index (κ3) is 3.07. The van der Waals surface area contributed by atoms with Crippen LogP contribution in [0.1, 0.15) is 30.9 Å². The summed E-state index contributed by atoms with van der Waals surface area (Å²) < 4.78 is 5.64. The Morgan fingerprint density at radius 1 is 1.47 bits per heavy atom. The molecule has 0 bridgehead atoms. The van der Waals surface area contributed by atoms with E-state index in [2.05, 4.69) is 30.9 Å². The van der Waals surface area contributed by atoms with E-state index < -0.39 is 0 Å². The van der Waals surface area contributed by atoms with Crippen molar-refractivity contribution >= 4 is 22.9 Å². The predicted molar refractivity (Wildman–Crippen MR) is 83.9 cm³/mol.